The van der Waals surface area contributed by atoms with E-state index in [2.05, 4.69) is 10.1 Å². The highest BCUT2D eigenvalue weighted by molar-refractivity contribution is 5.90. The Morgan fingerprint density at radius 1 is 1.41 bits per heavy atom. The van der Waals surface area contributed by atoms with Crippen molar-refractivity contribution in [2.24, 2.45) is 0 Å². The molecule has 0 aliphatic rings. The maximum absolute atomic E-state index is 13.1. The molecule has 0 aliphatic heterocycles. The number of para-hydroxylation sites is 1. The predicted molar refractivity (Wildman–Crippen MR) is 76.3 cm³/mol. The van der Waals surface area contributed by atoms with Gasteiger partial charge in [0.1, 0.15) is 17.1 Å². The summed E-state index contributed by atoms with van der Waals surface area (Å²) in [5.41, 5.74) is 0.0388. The number of H-pyrrole nitrogens is 1. The minimum absolute atomic E-state index is 0.110. The van der Waals surface area contributed by atoms with Crippen LogP contribution >= 0.6 is 0 Å². The Balaban J connectivity index is 2.07. The van der Waals surface area contributed by atoms with Crippen molar-refractivity contribution < 1.29 is 18.3 Å². The molecule has 0 unspecified atom stereocenters. The normalized spacial score (nSPS) is 11.3. The lowest BCUT2D eigenvalue weighted by molar-refractivity contribution is 0.0515. The van der Waals surface area contributed by atoms with E-state index in [1.54, 1.807) is 13.0 Å². The van der Waals surface area contributed by atoms with E-state index in [1.807, 2.05) is 24.3 Å². The number of carbonyl (C=O) groups excluding carboxylic acids is 1. The molecular formula is C15H13F2N3O2. The number of fused-ring (bicyclic) bond motifs is 1. The highest BCUT2D eigenvalue weighted by Crippen LogP contribution is 2.24. The fourth-order valence-corrected chi connectivity index (χ4v) is 2.22. The number of halogens is 2. The van der Waals surface area contributed by atoms with Crippen LogP contribution in [-0.2, 0) is 4.74 Å². The summed E-state index contributed by atoms with van der Waals surface area (Å²) in [5, 5.41) is 4.73. The molecule has 114 valence electrons. The van der Waals surface area contributed by atoms with E-state index in [4.69, 9.17) is 4.74 Å². The SMILES string of the molecule is CCOC(=O)c1cn(-c2cc3ccccc3[nH]2)nc1C(F)F. The van der Waals surface area contributed by atoms with Crippen LogP contribution in [0.25, 0.3) is 16.7 Å². The van der Waals surface area contributed by atoms with E-state index in [0.717, 1.165) is 10.9 Å². The molecule has 7 heteroatoms. The zero-order valence-corrected chi connectivity index (χ0v) is 11.7. The van der Waals surface area contributed by atoms with Gasteiger partial charge in [-0.3, -0.25) is 0 Å². The van der Waals surface area contributed by atoms with Crippen LogP contribution in [0.3, 0.4) is 0 Å². The van der Waals surface area contributed by atoms with Crippen LogP contribution in [0.2, 0.25) is 0 Å². The van der Waals surface area contributed by atoms with Crippen molar-refractivity contribution in [3.8, 4) is 5.82 Å². The average Bonchev–Trinajstić information content (AvgIpc) is 3.11. The van der Waals surface area contributed by atoms with Gasteiger partial charge in [-0.1, -0.05) is 18.2 Å². The van der Waals surface area contributed by atoms with Gasteiger partial charge in [0.2, 0.25) is 0 Å². The molecule has 2 heterocycles. The Morgan fingerprint density at radius 3 is 2.86 bits per heavy atom. The second-order valence-corrected chi connectivity index (χ2v) is 4.64. The highest BCUT2D eigenvalue weighted by atomic mass is 19.3. The Bertz CT molecular complexity index is 790. The van der Waals surface area contributed by atoms with E-state index >= 15 is 0 Å². The molecule has 0 atom stereocenters. The van der Waals surface area contributed by atoms with Crippen LogP contribution in [0.1, 0.15) is 29.4 Å². The number of rotatable bonds is 4. The summed E-state index contributed by atoms with van der Waals surface area (Å²) < 4.78 is 32.2. The molecule has 0 fully saturated rings. The van der Waals surface area contributed by atoms with Crippen molar-refractivity contribution in [3.63, 3.8) is 0 Å². The predicted octanol–water partition coefficient (Wildman–Crippen LogP) is 3.47. The van der Waals surface area contributed by atoms with Gasteiger partial charge in [0.15, 0.2) is 0 Å². The third-order valence-corrected chi connectivity index (χ3v) is 3.21. The monoisotopic (exact) mass is 305 g/mol. The van der Waals surface area contributed by atoms with Gasteiger partial charge in [0.05, 0.1) is 6.61 Å². The summed E-state index contributed by atoms with van der Waals surface area (Å²) in [4.78, 5) is 14.8. The van der Waals surface area contributed by atoms with Gasteiger partial charge in [-0.15, -0.1) is 0 Å². The van der Waals surface area contributed by atoms with Crippen molar-refractivity contribution in [2.45, 2.75) is 13.3 Å². The molecule has 22 heavy (non-hydrogen) atoms. The second kappa shape index (κ2) is 5.59. The van der Waals surface area contributed by atoms with Crippen LogP contribution in [0.15, 0.2) is 36.5 Å². The minimum Gasteiger partial charge on any atom is -0.462 e. The number of carbonyl (C=O) groups is 1. The lowest BCUT2D eigenvalue weighted by Gasteiger charge is -2.00. The van der Waals surface area contributed by atoms with Crippen LogP contribution in [-0.4, -0.2) is 27.3 Å². The molecule has 1 N–H and O–H groups in total. The number of hydrogen-bond donors (Lipinski definition) is 1. The van der Waals surface area contributed by atoms with E-state index in [-0.39, 0.29) is 12.2 Å². The Morgan fingerprint density at radius 2 is 2.18 bits per heavy atom. The van der Waals surface area contributed by atoms with Gasteiger partial charge in [0, 0.05) is 17.1 Å². The van der Waals surface area contributed by atoms with Crippen molar-refractivity contribution in [2.75, 3.05) is 6.61 Å². The summed E-state index contributed by atoms with van der Waals surface area (Å²) in [6, 6.07) is 9.26. The molecule has 2 aromatic heterocycles. The summed E-state index contributed by atoms with van der Waals surface area (Å²) in [5.74, 6) is -0.307. The number of esters is 1. The van der Waals surface area contributed by atoms with Crippen LogP contribution in [0.4, 0.5) is 8.78 Å². The first kappa shape index (κ1) is 14.2. The topological polar surface area (TPSA) is 59.9 Å². The lowest BCUT2D eigenvalue weighted by Crippen LogP contribution is -2.06. The first-order valence-electron chi connectivity index (χ1n) is 6.73. The molecule has 3 rings (SSSR count). The lowest BCUT2D eigenvalue weighted by atomic mass is 10.2. The average molecular weight is 305 g/mol. The number of alkyl halides is 2. The molecule has 0 aliphatic carbocycles. The van der Waals surface area contributed by atoms with Gasteiger partial charge in [-0.05, 0) is 19.1 Å². The maximum Gasteiger partial charge on any atom is 0.341 e. The summed E-state index contributed by atoms with van der Waals surface area (Å²) in [6.07, 6.45) is -1.60. The zero-order chi connectivity index (χ0) is 15.7. The van der Waals surface area contributed by atoms with Crippen LogP contribution < -0.4 is 0 Å². The minimum atomic E-state index is -2.86. The molecule has 0 radical (unpaired) electrons. The van der Waals surface area contributed by atoms with E-state index in [0.29, 0.717) is 5.82 Å². The molecule has 3 aromatic rings. The van der Waals surface area contributed by atoms with Crippen LogP contribution in [0.5, 0.6) is 0 Å². The van der Waals surface area contributed by atoms with Crippen LogP contribution in [0, 0.1) is 0 Å². The molecule has 0 bridgehead atoms. The van der Waals surface area contributed by atoms with Gasteiger partial charge in [-0.25, -0.2) is 18.3 Å². The Hall–Kier alpha value is -2.70. The number of aromatic nitrogens is 3. The number of aromatic amines is 1. The standard InChI is InChI=1S/C15H13F2N3O2/c1-2-22-15(21)10-8-20(19-13(10)14(16)17)12-7-9-5-3-4-6-11(9)18-12/h3-8,14,18H,2H2,1H3. The third-order valence-electron chi connectivity index (χ3n) is 3.21. The fourth-order valence-electron chi connectivity index (χ4n) is 2.22. The molecule has 0 amide bonds. The van der Waals surface area contributed by atoms with Crippen molar-refractivity contribution >= 4 is 16.9 Å². The quantitative estimate of drug-likeness (QED) is 0.751. The van der Waals surface area contributed by atoms with E-state index < -0.39 is 18.1 Å². The maximum atomic E-state index is 13.1. The molecule has 1 aromatic carbocycles. The van der Waals surface area contributed by atoms with Gasteiger partial charge in [0.25, 0.3) is 6.43 Å². The van der Waals surface area contributed by atoms with E-state index in [1.165, 1.54) is 10.9 Å². The first-order chi connectivity index (χ1) is 10.6. The van der Waals surface area contributed by atoms with Gasteiger partial charge < -0.3 is 9.72 Å². The fraction of sp³-hybridized carbons (Fsp3) is 0.200. The zero-order valence-electron chi connectivity index (χ0n) is 11.7. The van der Waals surface area contributed by atoms with Gasteiger partial charge >= 0.3 is 5.97 Å². The molecular weight excluding hydrogens is 292 g/mol. The Labute approximate surface area is 124 Å². The van der Waals surface area contributed by atoms with Crippen molar-refractivity contribution in [3.05, 3.63) is 47.8 Å². The Kier molecular flexibility index (Phi) is 3.62. The number of benzene rings is 1. The highest BCUT2D eigenvalue weighted by Gasteiger charge is 2.25. The number of ether oxygens (including phenoxy) is 1. The molecule has 0 saturated carbocycles. The van der Waals surface area contributed by atoms with Crippen molar-refractivity contribution in [1.29, 1.82) is 0 Å². The largest absolute Gasteiger partial charge is 0.462 e. The molecule has 0 saturated heterocycles. The summed E-state index contributed by atoms with van der Waals surface area (Å²) >= 11 is 0. The second-order valence-electron chi connectivity index (χ2n) is 4.64. The van der Waals surface area contributed by atoms with E-state index in [9.17, 15) is 13.6 Å². The number of hydrogen-bond acceptors (Lipinski definition) is 3. The summed E-state index contributed by atoms with van der Waals surface area (Å²) in [7, 11) is 0. The molecule has 5 nitrogen and oxygen atoms in total. The third kappa shape index (κ3) is 2.45. The molecule has 0 spiro atoms. The summed E-state index contributed by atoms with van der Waals surface area (Å²) in [6.45, 7) is 1.72. The van der Waals surface area contributed by atoms with Gasteiger partial charge in [-0.2, -0.15) is 5.10 Å². The number of nitrogens with one attached hydrogen (secondary N) is 1. The first-order valence-corrected chi connectivity index (χ1v) is 6.73. The smallest absolute Gasteiger partial charge is 0.341 e. The number of nitrogens with zero attached hydrogens (tertiary/aromatic N) is 2. The van der Waals surface area contributed by atoms with Crippen molar-refractivity contribution in [1.82, 2.24) is 14.8 Å².